The smallest absolute Gasteiger partial charge is 0.162 e. The lowest BCUT2D eigenvalue weighted by atomic mass is 9.97. The molecule has 2 bridgehead atoms. The second-order valence-corrected chi connectivity index (χ2v) is 9.93. The van der Waals surface area contributed by atoms with Crippen molar-refractivity contribution in [3.05, 3.63) is 84.4 Å². The molecule has 0 fully saturated rings. The number of hydrogen-bond acceptors (Lipinski definition) is 8. The number of fused-ring (bicyclic) bond motifs is 6. The molecule has 1 N–H and O–H groups in total. The molecule has 0 saturated heterocycles. The van der Waals surface area contributed by atoms with Crippen LogP contribution in [-0.2, 0) is 25.4 Å². The van der Waals surface area contributed by atoms with Crippen LogP contribution in [0.15, 0.2) is 78.9 Å². The molecule has 0 unspecified atom stereocenters. The minimum Gasteiger partial charge on any atom is -0.504 e. The Bertz CT molecular complexity index is 1470. The molecule has 0 spiro atoms. The molecule has 0 atom stereocenters. The Morgan fingerprint density at radius 2 is 0.976 bits per heavy atom. The Balaban J connectivity index is 1.35. The van der Waals surface area contributed by atoms with Crippen LogP contribution >= 0.6 is 0 Å². The predicted molar refractivity (Wildman–Crippen MR) is 162 cm³/mol. The summed E-state index contributed by atoms with van der Waals surface area (Å²) in [7, 11) is 0. The van der Waals surface area contributed by atoms with Gasteiger partial charge in [0.25, 0.3) is 0 Å². The summed E-state index contributed by atoms with van der Waals surface area (Å²) in [5, 5.41) is 15.2. The molecule has 42 heavy (non-hydrogen) atoms. The van der Waals surface area contributed by atoms with Gasteiger partial charge in [-0.15, -0.1) is 0 Å². The molecule has 4 aromatic carbocycles. The Labute approximate surface area is 246 Å². The first-order valence-electron chi connectivity index (χ1n) is 14.3. The molecule has 0 saturated carbocycles. The van der Waals surface area contributed by atoms with E-state index in [-0.39, 0.29) is 12.4 Å². The van der Waals surface area contributed by atoms with Crippen LogP contribution in [0.3, 0.4) is 0 Å². The number of hydrogen-bond donors (Lipinski definition) is 1. The van der Waals surface area contributed by atoms with Crippen molar-refractivity contribution in [3.63, 3.8) is 0 Å². The zero-order chi connectivity index (χ0) is 29.0. The van der Waals surface area contributed by atoms with Crippen molar-refractivity contribution in [2.75, 3.05) is 72.7 Å². The highest BCUT2D eigenvalue weighted by Gasteiger charge is 2.16. The molecule has 8 heteroatoms. The molecule has 1 heterocycles. The summed E-state index contributed by atoms with van der Waals surface area (Å²) >= 11 is 0. The van der Waals surface area contributed by atoms with Crippen LogP contribution < -0.4 is 14.2 Å². The van der Waals surface area contributed by atoms with Gasteiger partial charge >= 0.3 is 0 Å². The van der Waals surface area contributed by atoms with Gasteiger partial charge < -0.3 is 38.3 Å². The van der Waals surface area contributed by atoms with Crippen molar-refractivity contribution in [2.45, 2.75) is 6.42 Å². The van der Waals surface area contributed by atoms with Crippen LogP contribution in [-0.4, -0.2) is 77.8 Å². The van der Waals surface area contributed by atoms with E-state index in [1.54, 1.807) is 0 Å². The quantitative estimate of drug-likeness (QED) is 0.267. The van der Waals surface area contributed by atoms with Crippen molar-refractivity contribution in [1.82, 2.24) is 0 Å². The topological polar surface area (TPSA) is 84.8 Å². The molecular formula is C34H38O8. The summed E-state index contributed by atoms with van der Waals surface area (Å²) in [6, 6.07) is 21.8. The van der Waals surface area contributed by atoms with Gasteiger partial charge in [-0.1, -0.05) is 55.1 Å². The fraction of sp³-hybridized carbons (Fsp3) is 0.353. The van der Waals surface area contributed by atoms with Gasteiger partial charge in [0.2, 0.25) is 0 Å². The molecule has 0 aliphatic carbocycles. The fourth-order valence-corrected chi connectivity index (χ4v) is 4.76. The van der Waals surface area contributed by atoms with Gasteiger partial charge in [-0.3, -0.25) is 0 Å². The second kappa shape index (κ2) is 15.4. The first kappa shape index (κ1) is 29.7. The molecule has 8 nitrogen and oxygen atoms in total. The number of benzene rings is 4. The maximum atomic E-state index is 11.2. The Morgan fingerprint density at radius 3 is 1.57 bits per heavy atom. The van der Waals surface area contributed by atoms with E-state index in [2.05, 4.69) is 6.58 Å². The van der Waals surface area contributed by atoms with Gasteiger partial charge in [-0.2, -0.15) is 0 Å². The van der Waals surface area contributed by atoms with Crippen molar-refractivity contribution in [3.8, 4) is 23.0 Å². The number of phenols is 1. The number of aromatic hydroxyl groups is 1. The van der Waals surface area contributed by atoms with E-state index >= 15 is 0 Å². The van der Waals surface area contributed by atoms with E-state index in [4.69, 9.17) is 33.2 Å². The first-order chi connectivity index (χ1) is 20.7. The number of rotatable bonds is 0. The molecule has 0 radical (unpaired) electrons. The van der Waals surface area contributed by atoms with Crippen LogP contribution in [0.4, 0.5) is 0 Å². The second-order valence-electron chi connectivity index (χ2n) is 9.93. The summed E-state index contributed by atoms with van der Waals surface area (Å²) in [6.07, 6.45) is 0.414. The van der Waals surface area contributed by atoms with Gasteiger partial charge in [-0.05, 0) is 45.3 Å². The van der Waals surface area contributed by atoms with Gasteiger partial charge in [0.15, 0.2) is 23.0 Å². The Hall–Kier alpha value is -3.82. The van der Waals surface area contributed by atoms with E-state index in [0.717, 1.165) is 32.7 Å². The largest absolute Gasteiger partial charge is 0.504 e. The van der Waals surface area contributed by atoms with Crippen LogP contribution in [0.2, 0.25) is 0 Å². The molecule has 1 aliphatic heterocycles. The van der Waals surface area contributed by atoms with Crippen molar-refractivity contribution in [1.29, 1.82) is 0 Å². The minimum absolute atomic E-state index is 0.0958. The van der Waals surface area contributed by atoms with Crippen molar-refractivity contribution < 1.29 is 38.3 Å². The summed E-state index contributed by atoms with van der Waals surface area (Å²) in [5.41, 5.74) is 1.54. The van der Waals surface area contributed by atoms with Crippen molar-refractivity contribution in [2.24, 2.45) is 0 Å². The van der Waals surface area contributed by atoms with Crippen LogP contribution in [0.1, 0.15) is 5.56 Å². The lowest BCUT2D eigenvalue weighted by Crippen LogP contribution is -2.14. The molecule has 0 amide bonds. The average Bonchev–Trinajstić information content (AvgIpc) is 3.01. The fourth-order valence-electron chi connectivity index (χ4n) is 4.76. The van der Waals surface area contributed by atoms with Crippen LogP contribution in [0.5, 0.6) is 23.0 Å². The summed E-state index contributed by atoms with van der Waals surface area (Å²) in [6.45, 7) is 8.78. The number of phenolic OH excluding ortho intramolecular Hbond substituents is 1. The van der Waals surface area contributed by atoms with Gasteiger partial charge in [-0.25, -0.2) is 0 Å². The van der Waals surface area contributed by atoms with Gasteiger partial charge in [0.1, 0.15) is 19.8 Å². The Morgan fingerprint density at radius 1 is 0.524 bits per heavy atom. The zero-order valence-electron chi connectivity index (χ0n) is 23.8. The molecule has 5 rings (SSSR count). The van der Waals surface area contributed by atoms with Gasteiger partial charge in [0, 0.05) is 12.0 Å². The summed E-state index contributed by atoms with van der Waals surface area (Å²) in [4.78, 5) is 0. The van der Waals surface area contributed by atoms with Gasteiger partial charge in [0.05, 0.1) is 52.9 Å². The third kappa shape index (κ3) is 8.14. The third-order valence-corrected chi connectivity index (χ3v) is 6.85. The maximum Gasteiger partial charge on any atom is 0.162 e. The molecule has 1 aliphatic rings. The molecule has 4 aromatic rings. The van der Waals surface area contributed by atoms with Crippen molar-refractivity contribution >= 4 is 21.5 Å². The summed E-state index contributed by atoms with van der Waals surface area (Å²) in [5.74, 6) is 1.76. The number of ether oxygens (including phenoxy) is 7. The minimum atomic E-state index is 0.0958. The lowest BCUT2D eigenvalue weighted by molar-refractivity contribution is -0.00709. The maximum absolute atomic E-state index is 11.2. The molecule has 0 aromatic heterocycles. The van der Waals surface area contributed by atoms with E-state index in [9.17, 15) is 5.11 Å². The summed E-state index contributed by atoms with van der Waals surface area (Å²) < 4.78 is 40.7. The van der Waals surface area contributed by atoms with E-state index in [1.165, 1.54) is 0 Å². The monoisotopic (exact) mass is 574 g/mol. The molecular weight excluding hydrogens is 536 g/mol. The normalized spacial score (nSPS) is 17.2. The Kier molecular flexibility index (Phi) is 10.9. The average molecular weight is 575 g/mol. The van der Waals surface area contributed by atoms with E-state index in [1.807, 2.05) is 66.7 Å². The predicted octanol–water partition coefficient (Wildman–Crippen LogP) is 5.71. The standard InChI is InChI=1S/C34H38O8/c1-25-20-30-29-9-5-4-8-28(29)23-33(34(30)35)41-19-17-39-15-13-37-11-10-36-12-14-38-16-18-40-31-21-26-6-2-3-7-27(26)22-32(31)42-24-25/h2-9,21-23,35H,1,10-20,24H2. The van der Waals surface area contributed by atoms with E-state index < -0.39 is 0 Å². The first-order valence-corrected chi connectivity index (χ1v) is 14.3. The van der Waals surface area contributed by atoms with Crippen LogP contribution in [0.25, 0.3) is 21.5 Å². The highest BCUT2D eigenvalue weighted by molar-refractivity contribution is 5.90. The zero-order valence-corrected chi connectivity index (χ0v) is 23.8. The highest BCUT2D eigenvalue weighted by Crippen LogP contribution is 2.38. The third-order valence-electron chi connectivity index (χ3n) is 6.85. The molecule has 222 valence electrons. The lowest BCUT2D eigenvalue weighted by Gasteiger charge is -2.17. The van der Waals surface area contributed by atoms with E-state index in [0.29, 0.717) is 89.7 Å². The highest BCUT2D eigenvalue weighted by atomic mass is 16.6. The van der Waals surface area contributed by atoms with Crippen LogP contribution in [0, 0.1) is 0 Å². The SMILES string of the molecule is C=C1COc2cc3ccccc3cc2OCCOCCOCCOCCOCCOc2cc3ccccc3c(c2O)C1.